The third kappa shape index (κ3) is 2.62. The summed E-state index contributed by atoms with van der Waals surface area (Å²) in [6.07, 6.45) is 0. The summed E-state index contributed by atoms with van der Waals surface area (Å²) in [5, 5.41) is 0.221. The highest BCUT2D eigenvalue weighted by Gasteiger charge is 2.28. The Balaban J connectivity index is 1.75. The van der Waals surface area contributed by atoms with Gasteiger partial charge < -0.3 is 15.2 Å². The Morgan fingerprint density at radius 1 is 1.15 bits per heavy atom. The Kier molecular flexibility index (Phi) is 3.85. The number of benzene rings is 2. The van der Waals surface area contributed by atoms with Crippen molar-refractivity contribution in [2.75, 3.05) is 13.7 Å². The number of methoxy groups -OCH3 is 1. The maximum atomic E-state index is 6.37. The first-order valence-corrected chi connectivity index (χ1v) is 7.44. The summed E-state index contributed by atoms with van der Waals surface area (Å²) < 4.78 is 11.0. The van der Waals surface area contributed by atoms with Crippen molar-refractivity contribution < 1.29 is 9.47 Å². The molecule has 3 nitrogen and oxygen atoms in total. The first-order chi connectivity index (χ1) is 9.78. The molecule has 4 heteroatoms. The number of thioether (sulfide) groups is 1. The van der Waals surface area contributed by atoms with E-state index in [4.69, 9.17) is 15.2 Å². The zero-order chi connectivity index (χ0) is 13.9. The van der Waals surface area contributed by atoms with E-state index in [1.165, 1.54) is 4.90 Å². The molecule has 2 aromatic carbocycles. The second-order valence-corrected chi connectivity index (χ2v) is 6.02. The standard InChI is InChI=1S/C16H17NO2S/c1-18-11-6-8-12(9-7-11)20-15-10-19-14-5-3-2-4-13(14)16(15)17/h2-9,15-16H,10,17H2,1H3. The lowest BCUT2D eigenvalue weighted by Crippen LogP contribution is -2.33. The smallest absolute Gasteiger partial charge is 0.124 e. The first kappa shape index (κ1) is 13.3. The van der Waals surface area contributed by atoms with Gasteiger partial charge in [0, 0.05) is 16.5 Å². The number of hydrogen-bond acceptors (Lipinski definition) is 4. The zero-order valence-corrected chi connectivity index (χ0v) is 12.1. The second-order valence-electron chi connectivity index (χ2n) is 4.71. The fraction of sp³-hybridized carbons (Fsp3) is 0.250. The van der Waals surface area contributed by atoms with Gasteiger partial charge in [-0.15, -0.1) is 11.8 Å². The largest absolute Gasteiger partial charge is 0.497 e. The Hall–Kier alpha value is -1.65. The third-order valence-corrected chi connectivity index (χ3v) is 4.71. The van der Waals surface area contributed by atoms with Crippen LogP contribution in [0.3, 0.4) is 0 Å². The predicted octanol–water partition coefficient (Wildman–Crippen LogP) is 3.25. The van der Waals surface area contributed by atoms with Gasteiger partial charge in [-0.25, -0.2) is 0 Å². The summed E-state index contributed by atoms with van der Waals surface area (Å²) in [6.45, 7) is 0.634. The normalized spacial score (nSPS) is 20.9. The summed E-state index contributed by atoms with van der Waals surface area (Å²) in [7, 11) is 1.67. The summed E-state index contributed by atoms with van der Waals surface area (Å²) >= 11 is 1.75. The van der Waals surface area contributed by atoms with E-state index >= 15 is 0 Å². The van der Waals surface area contributed by atoms with E-state index < -0.39 is 0 Å². The molecule has 1 aliphatic rings. The van der Waals surface area contributed by atoms with E-state index in [0.717, 1.165) is 17.1 Å². The van der Waals surface area contributed by atoms with E-state index in [9.17, 15) is 0 Å². The number of rotatable bonds is 3. The summed E-state index contributed by atoms with van der Waals surface area (Å²) in [6, 6.07) is 16.0. The van der Waals surface area contributed by atoms with Crippen LogP contribution in [0.4, 0.5) is 0 Å². The van der Waals surface area contributed by atoms with E-state index in [1.807, 2.05) is 36.4 Å². The van der Waals surface area contributed by atoms with Crippen molar-refractivity contribution in [2.45, 2.75) is 16.2 Å². The third-order valence-electron chi connectivity index (χ3n) is 3.43. The minimum absolute atomic E-state index is 0.00736. The first-order valence-electron chi connectivity index (χ1n) is 6.56. The average molecular weight is 287 g/mol. The van der Waals surface area contributed by atoms with E-state index in [1.54, 1.807) is 18.9 Å². The molecule has 0 bridgehead atoms. The van der Waals surface area contributed by atoms with Gasteiger partial charge in [-0.05, 0) is 30.3 Å². The Morgan fingerprint density at radius 3 is 2.65 bits per heavy atom. The van der Waals surface area contributed by atoms with Gasteiger partial charge in [0.25, 0.3) is 0 Å². The monoisotopic (exact) mass is 287 g/mol. The van der Waals surface area contributed by atoms with Crippen LogP contribution in [0.1, 0.15) is 11.6 Å². The summed E-state index contributed by atoms with van der Waals surface area (Å²) in [5.41, 5.74) is 7.46. The van der Waals surface area contributed by atoms with E-state index in [-0.39, 0.29) is 11.3 Å². The molecule has 2 N–H and O–H groups in total. The molecule has 104 valence electrons. The van der Waals surface area contributed by atoms with Crippen molar-refractivity contribution >= 4 is 11.8 Å². The van der Waals surface area contributed by atoms with E-state index in [2.05, 4.69) is 12.1 Å². The van der Waals surface area contributed by atoms with E-state index in [0.29, 0.717) is 6.61 Å². The van der Waals surface area contributed by atoms with Crippen molar-refractivity contribution in [1.29, 1.82) is 0 Å². The van der Waals surface area contributed by atoms with Crippen molar-refractivity contribution in [1.82, 2.24) is 0 Å². The van der Waals surface area contributed by atoms with Gasteiger partial charge in [0.15, 0.2) is 0 Å². The lowest BCUT2D eigenvalue weighted by atomic mass is 10.0. The molecular formula is C16H17NO2S. The minimum atomic E-state index is -0.00736. The van der Waals surface area contributed by atoms with Gasteiger partial charge in [-0.2, -0.15) is 0 Å². The molecule has 1 aliphatic heterocycles. The maximum absolute atomic E-state index is 6.37. The topological polar surface area (TPSA) is 44.5 Å². The van der Waals surface area contributed by atoms with Crippen molar-refractivity contribution in [3.05, 3.63) is 54.1 Å². The van der Waals surface area contributed by atoms with Crippen LogP contribution < -0.4 is 15.2 Å². The highest BCUT2D eigenvalue weighted by Crippen LogP contribution is 2.38. The molecule has 0 saturated heterocycles. The van der Waals surface area contributed by atoms with Crippen molar-refractivity contribution in [3.63, 3.8) is 0 Å². The van der Waals surface area contributed by atoms with Gasteiger partial charge in [-0.1, -0.05) is 18.2 Å². The number of nitrogens with two attached hydrogens (primary N) is 1. The SMILES string of the molecule is COc1ccc(SC2COc3ccccc3C2N)cc1. The van der Waals surface area contributed by atoms with Crippen LogP contribution >= 0.6 is 11.8 Å². The Morgan fingerprint density at radius 2 is 1.90 bits per heavy atom. The molecule has 0 aromatic heterocycles. The van der Waals surface area contributed by atoms with Crippen LogP contribution in [0.15, 0.2) is 53.4 Å². The molecule has 0 amide bonds. The van der Waals surface area contributed by atoms with Crippen LogP contribution in [0.2, 0.25) is 0 Å². The molecular weight excluding hydrogens is 270 g/mol. The van der Waals surface area contributed by atoms with Gasteiger partial charge in [0.1, 0.15) is 18.1 Å². The quantitative estimate of drug-likeness (QED) is 0.941. The van der Waals surface area contributed by atoms with Crippen LogP contribution in [0.5, 0.6) is 11.5 Å². The molecule has 0 saturated carbocycles. The number of ether oxygens (including phenoxy) is 2. The highest BCUT2D eigenvalue weighted by molar-refractivity contribution is 8.00. The van der Waals surface area contributed by atoms with Crippen LogP contribution in [-0.4, -0.2) is 19.0 Å². The molecule has 2 atom stereocenters. The highest BCUT2D eigenvalue weighted by atomic mass is 32.2. The van der Waals surface area contributed by atoms with Gasteiger partial charge in [0.05, 0.1) is 12.4 Å². The molecule has 0 spiro atoms. The average Bonchev–Trinajstić information content (AvgIpc) is 2.51. The molecule has 20 heavy (non-hydrogen) atoms. The maximum Gasteiger partial charge on any atom is 0.124 e. The molecule has 1 heterocycles. The van der Waals surface area contributed by atoms with Crippen LogP contribution in [0.25, 0.3) is 0 Å². The lowest BCUT2D eigenvalue weighted by molar-refractivity contribution is 0.276. The summed E-state index contributed by atoms with van der Waals surface area (Å²) in [4.78, 5) is 1.18. The van der Waals surface area contributed by atoms with Crippen LogP contribution in [0, 0.1) is 0 Å². The Bertz CT molecular complexity index is 585. The van der Waals surface area contributed by atoms with Crippen molar-refractivity contribution in [3.8, 4) is 11.5 Å². The molecule has 0 aliphatic carbocycles. The summed E-state index contributed by atoms with van der Waals surface area (Å²) in [5.74, 6) is 1.77. The zero-order valence-electron chi connectivity index (χ0n) is 11.3. The van der Waals surface area contributed by atoms with Crippen molar-refractivity contribution in [2.24, 2.45) is 5.73 Å². The molecule has 0 radical (unpaired) electrons. The number of para-hydroxylation sites is 1. The van der Waals surface area contributed by atoms with Gasteiger partial charge in [0.2, 0.25) is 0 Å². The Labute approximate surface area is 123 Å². The molecule has 2 aromatic rings. The minimum Gasteiger partial charge on any atom is -0.497 e. The van der Waals surface area contributed by atoms with Gasteiger partial charge >= 0.3 is 0 Å². The fourth-order valence-electron chi connectivity index (χ4n) is 2.30. The molecule has 3 rings (SSSR count). The van der Waals surface area contributed by atoms with Gasteiger partial charge in [-0.3, -0.25) is 0 Å². The lowest BCUT2D eigenvalue weighted by Gasteiger charge is -2.30. The predicted molar refractivity (Wildman–Crippen MR) is 81.5 cm³/mol. The number of fused-ring (bicyclic) bond motifs is 1. The number of hydrogen-bond donors (Lipinski definition) is 1. The fourth-order valence-corrected chi connectivity index (χ4v) is 3.37. The molecule has 0 fully saturated rings. The second kappa shape index (κ2) is 5.77. The van der Waals surface area contributed by atoms with Crippen LogP contribution in [-0.2, 0) is 0 Å². The molecule has 2 unspecified atom stereocenters.